The van der Waals surface area contributed by atoms with Gasteiger partial charge in [0.15, 0.2) is 16.8 Å². The molecule has 1 atom stereocenters. The highest BCUT2D eigenvalue weighted by atomic mass is 79.9. The lowest BCUT2D eigenvalue weighted by atomic mass is 10.0. The van der Waals surface area contributed by atoms with Gasteiger partial charge in [-0.1, -0.05) is 77.4 Å². The second-order valence-corrected chi connectivity index (χ2v) is 9.74. The number of hydrogen-bond acceptors (Lipinski definition) is 5. The predicted octanol–water partition coefficient (Wildman–Crippen LogP) is 5.82. The van der Waals surface area contributed by atoms with Gasteiger partial charge in [0.1, 0.15) is 0 Å². The summed E-state index contributed by atoms with van der Waals surface area (Å²) in [7, 11) is 0. The van der Waals surface area contributed by atoms with Crippen LogP contribution in [0.25, 0.3) is 0 Å². The third-order valence-electron chi connectivity index (χ3n) is 4.91. The fraction of sp³-hybridized carbons (Fsp3) is 0.304. The van der Waals surface area contributed by atoms with Gasteiger partial charge in [-0.2, -0.15) is 0 Å². The molecule has 168 valence electrons. The zero-order valence-corrected chi connectivity index (χ0v) is 21.2. The summed E-state index contributed by atoms with van der Waals surface area (Å²) < 4.78 is 2.87. The third kappa shape index (κ3) is 5.79. The smallest absolute Gasteiger partial charge is 0.253 e. The highest BCUT2D eigenvalue weighted by Crippen LogP contribution is 2.27. The quantitative estimate of drug-likeness (QED) is 0.276. The molecule has 0 aliphatic carbocycles. The Balaban J connectivity index is 1.77. The lowest BCUT2D eigenvalue weighted by molar-refractivity contribution is 0.0921. The zero-order valence-electron chi connectivity index (χ0n) is 18.0. The van der Waals surface area contributed by atoms with Crippen LogP contribution in [0.3, 0.4) is 0 Å². The lowest BCUT2D eigenvalue weighted by Crippen LogP contribution is -2.34. The number of rotatable bonds is 9. The van der Waals surface area contributed by atoms with Crippen molar-refractivity contribution in [1.29, 1.82) is 0 Å². The topological polar surface area (TPSA) is 76.9 Å². The number of hydrogen-bond donors (Lipinski definition) is 1. The fourth-order valence-corrected chi connectivity index (χ4v) is 4.57. The first-order valence-electron chi connectivity index (χ1n) is 10.2. The first kappa shape index (κ1) is 24.5. The molecule has 32 heavy (non-hydrogen) atoms. The molecule has 0 aliphatic rings. The summed E-state index contributed by atoms with van der Waals surface area (Å²) in [6.07, 6.45) is 0. The van der Waals surface area contributed by atoms with Gasteiger partial charge in [0.25, 0.3) is 5.91 Å². The molecule has 9 heteroatoms. The maximum Gasteiger partial charge on any atom is 0.253 e. The Morgan fingerprint density at radius 2 is 1.81 bits per heavy atom. The van der Waals surface area contributed by atoms with Crippen LogP contribution in [0.15, 0.2) is 58.2 Å². The van der Waals surface area contributed by atoms with Crippen LogP contribution in [-0.4, -0.2) is 32.2 Å². The SMILES string of the molecule is CCn1c(SCC(=O)c2ccc(Br)cc2)nnc1[C@@H](NC(=O)c1ccccc1Cl)C(C)C. The average Bonchev–Trinajstić information content (AvgIpc) is 3.18. The molecule has 3 aromatic rings. The van der Waals surface area contributed by atoms with Crippen molar-refractivity contribution in [3.63, 3.8) is 0 Å². The van der Waals surface area contributed by atoms with Crippen molar-refractivity contribution in [2.45, 2.75) is 38.5 Å². The summed E-state index contributed by atoms with van der Waals surface area (Å²) in [5, 5.41) is 12.8. The number of carbonyl (C=O) groups excluding carboxylic acids is 2. The number of thioether (sulfide) groups is 1. The molecular weight excluding hydrogens is 512 g/mol. The second kappa shape index (κ2) is 11.1. The molecule has 0 bridgehead atoms. The molecule has 3 rings (SSSR count). The van der Waals surface area contributed by atoms with E-state index in [1.807, 2.05) is 37.5 Å². The van der Waals surface area contributed by atoms with Gasteiger partial charge in [0.2, 0.25) is 0 Å². The lowest BCUT2D eigenvalue weighted by Gasteiger charge is -2.22. The zero-order chi connectivity index (χ0) is 23.3. The van der Waals surface area contributed by atoms with Crippen molar-refractivity contribution in [2.75, 3.05) is 5.75 Å². The number of carbonyl (C=O) groups is 2. The summed E-state index contributed by atoms with van der Waals surface area (Å²) in [5.41, 5.74) is 1.06. The summed E-state index contributed by atoms with van der Waals surface area (Å²) in [4.78, 5) is 25.4. The van der Waals surface area contributed by atoms with Crippen LogP contribution in [0.1, 0.15) is 53.4 Å². The number of benzene rings is 2. The molecule has 0 aliphatic heterocycles. The van der Waals surface area contributed by atoms with Gasteiger partial charge in [-0.05, 0) is 37.1 Å². The molecule has 0 unspecified atom stereocenters. The van der Waals surface area contributed by atoms with Crippen LogP contribution < -0.4 is 5.32 Å². The molecule has 1 amide bonds. The summed E-state index contributed by atoms with van der Waals surface area (Å²) in [6, 6.07) is 13.9. The van der Waals surface area contributed by atoms with Gasteiger partial charge in [-0.15, -0.1) is 10.2 Å². The van der Waals surface area contributed by atoms with Gasteiger partial charge in [0, 0.05) is 16.6 Å². The maximum atomic E-state index is 12.8. The van der Waals surface area contributed by atoms with Crippen molar-refractivity contribution in [3.8, 4) is 0 Å². The molecule has 2 aromatic carbocycles. The first-order chi connectivity index (χ1) is 15.3. The van der Waals surface area contributed by atoms with Gasteiger partial charge in [-0.3, -0.25) is 9.59 Å². The van der Waals surface area contributed by atoms with Gasteiger partial charge >= 0.3 is 0 Å². The molecular formula is C23H24BrClN4O2S. The van der Waals surface area contributed by atoms with Crippen LogP contribution >= 0.6 is 39.3 Å². The minimum absolute atomic E-state index is 0.0159. The highest BCUT2D eigenvalue weighted by molar-refractivity contribution is 9.10. The molecule has 6 nitrogen and oxygen atoms in total. The average molecular weight is 536 g/mol. The highest BCUT2D eigenvalue weighted by Gasteiger charge is 2.26. The second-order valence-electron chi connectivity index (χ2n) is 7.48. The molecule has 1 aromatic heterocycles. The van der Waals surface area contributed by atoms with E-state index in [1.54, 1.807) is 36.4 Å². The van der Waals surface area contributed by atoms with Crippen LogP contribution in [0.5, 0.6) is 0 Å². The Morgan fingerprint density at radius 1 is 1.12 bits per heavy atom. The maximum absolute atomic E-state index is 12.8. The number of ketones is 1. The van der Waals surface area contributed by atoms with Gasteiger partial charge in [0.05, 0.1) is 22.4 Å². The Morgan fingerprint density at radius 3 is 2.44 bits per heavy atom. The van der Waals surface area contributed by atoms with Crippen LogP contribution in [0.2, 0.25) is 5.02 Å². The van der Waals surface area contributed by atoms with Crippen LogP contribution in [0, 0.1) is 5.92 Å². The number of halogens is 2. The molecule has 0 saturated heterocycles. The van der Waals surface area contributed by atoms with E-state index in [0.29, 0.717) is 33.7 Å². The molecule has 0 radical (unpaired) electrons. The monoisotopic (exact) mass is 534 g/mol. The first-order valence-corrected chi connectivity index (χ1v) is 12.4. The van der Waals surface area contributed by atoms with E-state index in [1.165, 1.54) is 11.8 Å². The van der Waals surface area contributed by atoms with E-state index < -0.39 is 0 Å². The van der Waals surface area contributed by atoms with E-state index >= 15 is 0 Å². The number of Topliss-reactive ketones (excluding diaryl/α,β-unsaturated/α-hetero) is 1. The minimum Gasteiger partial charge on any atom is -0.342 e. The molecule has 0 fully saturated rings. The third-order valence-corrected chi connectivity index (χ3v) is 6.74. The van der Waals surface area contributed by atoms with E-state index in [9.17, 15) is 9.59 Å². The standard InChI is InChI=1S/C23H24BrClN4O2S/c1-4-29-21(20(14(2)3)26-22(31)17-7-5-6-8-18(17)25)27-28-23(29)32-13-19(30)15-9-11-16(24)12-10-15/h5-12,14,20H,4,13H2,1-3H3,(H,26,31)/t20-/m0/s1. The molecule has 1 heterocycles. The summed E-state index contributed by atoms with van der Waals surface area (Å²) in [5.74, 6) is 0.722. The van der Waals surface area contributed by atoms with E-state index in [2.05, 4.69) is 31.4 Å². The Hall–Kier alpha value is -2.16. The largest absolute Gasteiger partial charge is 0.342 e. The number of nitrogens with one attached hydrogen (secondary N) is 1. The summed E-state index contributed by atoms with van der Waals surface area (Å²) >= 11 is 10.9. The number of aromatic nitrogens is 3. The Kier molecular flexibility index (Phi) is 8.51. The predicted molar refractivity (Wildman–Crippen MR) is 131 cm³/mol. The Bertz CT molecular complexity index is 1100. The van der Waals surface area contributed by atoms with Crippen molar-refractivity contribution >= 4 is 51.0 Å². The number of amides is 1. The van der Waals surface area contributed by atoms with Gasteiger partial charge < -0.3 is 9.88 Å². The van der Waals surface area contributed by atoms with E-state index in [4.69, 9.17) is 11.6 Å². The number of nitrogens with zero attached hydrogens (tertiary/aromatic N) is 3. The van der Waals surface area contributed by atoms with Crippen molar-refractivity contribution in [2.24, 2.45) is 5.92 Å². The molecule has 0 saturated carbocycles. The molecule has 1 N–H and O–H groups in total. The van der Waals surface area contributed by atoms with Crippen LogP contribution in [0.4, 0.5) is 0 Å². The summed E-state index contributed by atoms with van der Waals surface area (Å²) in [6.45, 7) is 6.62. The molecule has 0 spiro atoms. The van der Waals surface area contributed by atoms with Gasteiger partial charge in [-0.25, -0.2) is 0 Å². The van der Waals surface area contributed by atoms with Crippen molar-refractivity contribution in [3.05, 3.63) is 75.0 Å². The van der Waals surface area contributed by atoms with E-state index in [0.717, 1.165) is 4.47 Å². The van der Waals surface area contributed by atoms with E-state index in [-0.39, 0.29) is 29.4 Å². The van der Waals surface area contributed by atoms with Crippen molar-refractivity contribution in [1.82, 2.24) is 20.1 Å². The minimum atomic E-state index is -0.359. The van der Waals surface area contributed by atoms with Crippen molar-refractivity contribution < 1.29 is 9.59 Å². The fourth-order valence-electron chi connectivity index (χ4n) is 3.18. The Labute approximate surface area is 205 Å². The van der Waals surface area contributed by atoms with Crippen LogP contribution in [-0.2, 0) is 6.54 Å². The normalized spacial score (nSPS) is 12.1.